The highest BCUT2D eigenvalue weighted by Gasteiger charge is 2.13. The highest BCUT2D eigenvalue weighted by atomic mass is 19.1. The monoisotopic (exact) mass is 271 g/mol. The molecule has 0 fully saturated rings. The minimum atomic E-state index is -0.621. The van der Waals surface area contributed by atoms with Crippen molar-refractivity contribution < 1.29 is 9.18 Å². The molecule has 3 rings (SSSR count). The molecule has 4 nitrogen and oxygen atoms in total. The fourth-order valence-corrected chi connectivity index (χ4v) is 2.31. The molecule has 2 aromatic rings. The maximum absolute atomic E-state index is 13.5. The number of nitrogens with zero attached hydrogens (tertiary/aromatic N) is 1. The van der Waals surface area contributed by atoms with E-state index < -0.39 is 11.7 Å². The second-order valence-corrected chi connectivity index (χ2v) is 4.71. The van der Waals surface area contributed by atoms with Gasteiger partial charge in [-0.15, -0.1) is 0 Å². The molecule has 102 valence electrons. The van der Waals surface area contributed by atoms with Crippen LogP contribution in [-0.2, 0) is 6.42 Å². The molecule has 0 saturated heterocycles. The van der Waals surface area contributed by atoms with E-state index in [4.69, 9.17) is 0 Å². The first kappa shape index (κ1) is 12.6. The first-order valence-corrected chi connectivity index (χ1v) is 6.52. The summed E-state index contributed by atoms with van der Waals surface area (Å²) in [5.74, 6) is -1.08. The molecule has 2 heterocycles. The Morgan fingerprint density at radius 2 is 2.25 bits per heavy atom. The van der Waals surface area contributed by atoms with E-state index in [-0.39, 0.29) is 5.56 Å². The van der Waals surface area contributed by atoms with E-state index in [0.29, 0.717) is 5.69 Å². The normalized spacial score (nSPS) is 13.2. The summed E-state index contributed by atoms with van der Waals surface area (Å²) in [5, 5.41) is 6.02. The Bertz CT molecular complexity index is 657. The lowest BCUT2D eigenvalue weighted by Gasteiger charge is -2.18. The maximum Gasteiger partial charge on any atom is 0.258 e. The van der Waals surface area contributed by atoms with Crippen molar-refractivity contribution in [3.05, 3.63) is 53.6 Å². The molecule has 2 N–H and O–H groups in total. The Kier molecular flexibility index (Phi) is 3.33. The van der Waals surface area contributed by atoms with Crippen LogP contribution in [0.1, 0.15) is 22.3 Å². The number of fused-ring (bicyclic) bond motifs is 1. The molecule has 0 aliphatic carbocycles. The van der Waals surface area contributed by atoms with Gasteiger partial charge in [0.25, 0.3) is 5.91 Å². The molecule has 1 aliphatic rings. The smallest absolute Gasteiger partial charge is 0.258 e. The van der Waals surface area contributed by atoms with Crippen molar-refractivity contribution in [3.8, 4) is 0 Å². The lowest BCUT2D eigenvalue weighted by atomic mass is 10.0. The molecule has 0 saturated carbocycles. The first-order chi connectivity index (χ1) is 9.74. The van der Waals surface area contributed by atoms with Crippen molar-refractivity contribution >= 4 is 17.3 Å². The lowest BCUT2D eigenvalue weighted by molar-refractivity contribution is 0.102. The molecule has 5 heteroatoms. The minimum Gasteiger partial charge on any atom is -0.385 e. The van der Waals surface area contributed by atoms with E-state index >= 15 is 0 Å². The summed E-state index contributed by atoms with van der Waals surface area (Å²) >= 11 is 0. The van der Waals surface area contributed by atoms with E-state index in [1.807, 2.05) is 18.2 Å². The van der Waals surface area contributed by atoms with Crippen LogP contribution in [0.15, 0.2) is 36.7 Å². The predicted molar refractivity (Wildman–Crippen MR) is 75.4 cm³/mol. The number of carbonyl (C=O) groups is 1. The molecule has 1 aliphatic heterocycles. The maximum atomic E-state index is 13.5. The molecule has 0 spiro atoms. The molecular weight excluding hydrogens is 257 g/mol. The molecule has 0 bridgehead atoms. The number of aryl methyl sites for hydroxylation is 1. The highest BCUT2D eigenvalue weighted by molar-refractivity contribution is 6.04. The zero-order chi connectivity index (χ0) is 13.9. The number of nitrogens with one attached hydrogen (secondary N) is 2. The summed E-state index contributed by atoms with van der Waals surface area (Å²) in [6, 6.07) is 7.05. The van der Waals surface area contributed by atoms with Crippen molar-refractivity contribution in [2.75, 3.05) is 17.2 Å². The minimum absolute atomic E-state index is 0.00385. The standard InChI is InChI=1S/C15H14FN3O/c16-13-9-17-7-5-12(13)15(20)19-11-3-4-14-10(8-11)2-1-6-18-14/h3-5,7-9,18H,1-2,6H2,(H,19,20). The summed E-state index contributed by atoms with van der Waals surface area (Å²) < 4.78 is 13.5. The number of carbonyl (C=O) groups excluding carboxylic acids is 1. The van der Waals surface area contributed by atoms with Gasteiger partial charge in [0.05, 0.1) is 11.8 Å². The number of pyridine rings is 1. The molecule has 0 atom stereocenters. The number of aromatic nitrogens is 1. The van der Waals surface area contributed by atoms with E-state index in [2.05, 4.69) is 15.6 Å². The Hall–Kier alpha value is -2.43. The molecule has 0 unspecified atom stereocenters. The van der Waals surface area contributed by atoms with Crippen LogP contribution < -0.4 is 10.6 Å². The fraction of sp³-hybridized carbons (Fsp3) is 0.200. The SMILES string of the molecule is O=C(Nc1ccc2c(c1)CCCN2)c1ccncc1F. The van der Waals surface area contributed by atoms with Gasteiger partial charge >= 0.3 is 0 Å². The summed E-state index contributed by atoms with van der Waals surface area (Å²) in [6.07, 6.45) is 4.49. The van der Waals surface area contributed by atoms with Gasteiger partial charge in [0.2, 0.25) is 0 Å². The molecule has 1 amide bonds. The average Bonchev–Trinajstić information content (AvgIpc) is 2.47. The quantitative estimate of drug-likeness (QED) is 0.883. The second-order valence-electron chi connectivity index (χ2n) is 4.71. The molecule has 0 radical (unpaired) electrons. The summed E-state index contributed by atoms with van der Waals surface area (Å²) in [4.78, 5) is 15.6. The van der Waals surface area contributed by atoms with Crippen molar-refractivity contribution in [2.45, 2.75) is 12.8 Å². The van der Waals surface area contributed by atoms with Crippen LogP contribution in [0.25, 0.3) is 0 Å². The van der Waals surface area contributed by atoms with E-state index in [1.54, 1.807) is 0 Å². The third kappa shape index (κ3) is 2.47. The Morgan fingerprint density at radius 1 is 1.35 bits per heavy atom. The van der Waals surface area contributed by atoms with E-state index in [1.165, 1.54) is 17.8 Å². The van der Waals surface area contributed by atoms with Gasteiger partial charge in [0.1, 0.15) is 0 Å². The number of hydrogen-bond donors (Lipinski definition) is 2. The number of benzene rings is 1. The Morgan fingerprint density at radius 3 is 3.10 bits per heavy atom. The van der Waals surface area contributed by atoms with Crippen LogP contribution in [0.4, 0.5) is 15.8 Å². The van der Waals surface area contributed by atoms with Gasteiger partial charge in [-0.05, 0) is 42.7 Å². The van der Waals surface area contributed by atoms with E-state index in [0.717, 1.165) is 31.3 Å². The number of rotatable bonds is 2. The van der Waals surface area contributed by atoms with Crippen molar-refractivity contribution in [1.82, 2.24) is 4.98 Å². The predicted octanol–water partition coefficient (Wildman–Crippen LogP) is 2.83. The van der Waals surface area contributed by atoms with E-state index in [9.17, 15) is 9.18 Å². The summed E-state index contributed by atoms with van der Waals surface area (Å²) in [7, 11) is 0. The van der Waals surface area contributed by atoms with Crippen LogP contribution in [-0.4, -0.2) is 17.4 Å². The lowest BCUT2D eigenvalue weighted by Crippen LogP contribution is -2.15. The number of anilines is 2. The summed E-state index contributed by atoms with van der Waals surface area (Å²) in [6.45, 7) is 0.973. The van der Waals surface area contributed by atoms with Gasteiger partial charge in [-0.3, -0.25) is 9.78 Å². The van der Waals surface area contributed by atoms with Crippen molar-refractivity contribution in [2.24, 2.45) is 0 Å². The Balaban J connectivity index is 1.81. The molecule has 1 aromatic heterocycles. The molecular formula is C15H14FN3O. The first-order valence-electron chi connectivity index (χ1n) is 6.52. The van der Waals surface area contributed by atoms with Crippen molar-refractivity contribution in [1.29, 1.82) is 0 Å². The van der Waals surface area contributed by atoms with Crippen LogP contribution in [0.5, 0.6) is 0 Å². The van der Waals surface area contributed by atoms with Crippen LogP contribution in [0, 0.1) is 5.82 Å². The van der Waals surface area contributed by atoms with Crippen LogP contribution in [0.2, 0.25) is 0 Å². The third-order valence-corrected chi connectivity index (χ3v) is 3.32. The zero-order valence-corrected chi connectivity index (χ0v) is 10.8. The summed E-state index contributed by atoms with van der Waals surface area (Å²) in [5.41, 5.74) is 2.94. The van der Waals surface area contributed by atoms with Gasteiger partial charge < -0.3 is 10.6 Å². The van der Waals surface area contributed by atoms with Crippen LogP contribution >= 0.6 is 0 Å². The zero-order valence-electron chi connectivity index (χ0n) is 10.8. The number of hydrogen-bond acceptors (Lipinski definition) is 3. The highest BCUT2D eigenvalue weighted by Crippen LogP contribution is 2.25. The molecule has 1 aromatic carbocycles. The van der Waals surface area contributed by atoms with Gasteiger partial charge in [0.15, 0.2) is 5.82 Å². The van der Waals surface area contributed by atoms with Crippen LogP contribution in [0.3, 0.4) is 0 Å². The number of amides is 1. The topological polar surface area (TPSA) is 54.0 Å². The van der Waals surface area contributed by atoms with Gasteiger partial charge in [0, 0.05) is 24.1 Å². The number of halogens is 1. The van der Waals surface area contributed by atoms with Gasteiger partial charge in [-0.1, -0.05) is 0 Å². The Labute approximate surface area is 116 Å². The van der Waals surface area contributed by atoms with Gasteiger partial charge in [-0.2, -0.15) is 0 Å². The average molecular weight is 271 g/mol. The second kappa shape index (κ2) is 5.28. The van der Waals surface area contributed by atoms with Crippen molar-refractivity contribution in [3.63, 3.8) is 0 Å². The molecule has 20 heavy (non-hydrogen) atoms. The fourth-order valence-electron chi connectivity index (χ4n) is 2.31. The third-order valence-electron chi connectivity index (χ3n) is 3.32. The largest absolute Gasteiger partial charge is 0.385 e. The van der Waals surface area contributed by atoms with Gasteiger partial charge in [-0.25, -0.2) is 4.39 Å².